The smallest absolute Gasteiger partial charge is 0.337 e. The summed E-state index contributed by atoms with van der Waals surface area (Å²) in [7, 11) is 1.33. The zero-order valence-corrected chi connectivity index (χ0v) is 16.1. The standard InChI is InChI=1S/C20H19NO5S/c1-4-9-21-18(22)17(27-20(21)24)11-14-7-8-16(26-14)15-10-13(19(23)25-3)6-5-12(15)2/h5-8,10-11H,4,9H2,1-3H3/b17-11+. The lowest BCUT2D eigenvalue weighted by molar-refractivity contribution is -0.122. The first-order chi connectivity index (χ1) is 12.9. The summed E-state index contributed by atoms with van der Waals surface area (Å²) in [6.45, 7) is 4.23. The maximum absolute atomic E-state index is 12.3. The molecule has 6 nitrogen and oxygen atoms in total. The summed E-state index contributed by atoms with van der Waals surface area (Å²) in [6.07, 6.45) is 2.29. The molecule has 0 bridgehead atoms. The molecule has 140 valence electrons. The highest BCUT2D eigenvalue weighted by atomic mass is 32.2. The van der Waals surface area contributed by atoms with Gasteiger partial charge in [-0.2, -0.15) is 0 Å². The molecular formula is C20H19NO5S. The molecule has 0 atom stereocenters. The van der Waals surface area contributed by atoms with Gasteiger partial charge in [0.05, 0.1) is 17.6 Å². The quantitative estimate of drug-likeness (QED) is 0.558. The average molecular weight is 385 g/mol. The number of nitrogens with zero attached hydrogens (tertiary/aromatic N) is 1. The summed E-state index contributed by atoms with van der Waals surface area (Å²) < 4.78 is 10.6. The molecule has 0 saturated carbocycles. The van der Waals surface area contributed by atoms with E-state index in [4.69, 9.17) is 9.15 Å². The van der Waals surface area contributed by atoms with Gasteiger partial charge >= 0.3 is 5.97 Å². The van der Waals surface area contributed by atoms with Crippen molar-refractivity contribution in [2.45, 2.75) is 20.3 Å². The minimum absolute atomic E-state index is 0.262. The Balaban J connectivity index is 1.89. The van der Waals surface area contributed by atoms with Gasteiger partial charge < -0.3 is 9.15 Å². The average Bonchev–Trinajstić information content (AvgIpc) is 3.22. The van der Waals surface area contributed by atoms with Crippen molar-refractivity contribution in [2.75, 3.05) is 13.7 Å². The molecule has 1 aliphatic heterocycles. The molecule has 0 aliphatic carbocycles. The van der Waals surface area contributed by atoms with E-state index < -0.39 is 5.97 Å². The second kappa shape index (κ2) is 7.84. The van der Waals surface area contributed by atoms with Crippen molar-refractivity contribution in [2.24, 2.45) is 0 Å². The molecule has 2 aromatic rings. The highest BCUT2D eigenvalue weighted by Gasteiger charge is 2.34. The molecule has 1 aromatic heterocycles. The topological polar surface area (TPSA) is 76.8 Å². The van der Waals surface area contributed by atoms with Crippen LogP contribution in [0.2, 0.25) is 0 Å². The molecular weight excluding hydrogens is 366 g/mol. The largest absolute Gasteiger partial charge is 0.465 e. The Kier molecular flexibility index (Phi) is 5.51. The molecule has 7 heteroatoms. The summed E-state index contributed by atoms with van der Waals surface area (Å²) >= 11 is 0.911. The molecule has 0 spiro atoms. The van der Waals surface area contributed by atoms with Crippen LogP contribution in [0.25, 0.3) is 17.4 Å². The highest BCUT2D eigenvalue weighted by Crippen LogP contribution is 2.34. The molecule has 0 N–H and O–H groups in total. The predicted molar refractivity (Wildman–Crippen MR) is 103 cm³/mol. The number of rotatable bonds is 5. The first kappa shape index (κ1) is 19.0. The number of esters is 1. The van der Waals surface area contributed by atoms with Crippen LogP contribution in [0.4, 0.5) is 4.79 Å². The molecule has 27 heavy (non-hydrogen) atoms. The number of thioether (sulfide) groups is 1. The Hall–Kier alpha value is -2.80. The Morgan fingerprint density at radius 2 is 2.04 bits per heavy atom. The monoisotopic (exact) mass is 385 g/mol. The van der Waals surface area contributed by atoms with Gasteiger partial charge in [0.15, 0.2) is 0 Å². The Morgan fingerprint density at radius 3 is 2.74 bits per heavy atom. The van der Waals surface area contributed by atoms with E-state index in [1.54, 1.807) is 30.3 Å². The van der Waals surface area contributed by atoms with Gasteiger partial charge in [-0.3, -0.25) is 14.5 Å². The van der Waals surface area contributed by atoms with Crippen LogP contribution in [0.1, 0.15) is 35.0 Å². The molecule has 1 aliphatic rings. The number of carbonyl (C=O) groups excluding carboxylic acids is 3. The number of aryl methyl sites for hydroxylation is 1. The molecule has 1 fully saturated rings. The third kappa shape index (κ3) is 3.83. The highest BCUT2D eigenvalue weighted by molar-refractivity contribution is 8.18. The molecule has 2 heterocycles. The minimum Gasteiger partial charge on any atom is -0.465 e. The zero-order valence-electron chi connectivity index (χ0n) is 15.3. The normalized spacial score (nSPS) is 15.7. The van der Waals surface area contributed by atoms with E-state index in [9.17, 15) is 14.4 Å². The molecule has 0 unspecified atom stereocenters. The summed E-state index contributed by atoms with van der Waals surface area (Å²) in [5.41, 5.74) is 2.13. The number of carbonyl (C=O) groups is 3. The van der Waals surface area contributed by atoms with Gasteiger partial charge in [0.1, 0.15) is 11.5 Å². The summed E-state index contributed by atoms with van der Waals surface area (Å²) in [5, 5.41) is -0.262. The van der Waals surface area contributed by atoms with Crippen LogP contribution in [0.15, 0.2) is 39.7 Å². The van der Waals surface area contributed by atoms with Crippen molar-refractivity contribution in [3.05, 3.63) is 52.1 Å². The third-order valence-corrected chi connectivity index (χ3v) is 5.05. The summed E-state index contributed by atoms with van der Waals surface area (Å²) in [4.78, 5) is 37.6. The number of imide groups is 1. The number of hydrogen-bond donors (Lipinski definition) is 0. The summed E-state index contributed by atoms with van der Waals surface area (Å²) in [5.74, 6) is 0.313. The van der Waals surface area contributed by atoms with Crippen molar-refractivity contribution in [3.8, 4) is 11.3 Å². The van der Waals surface area contributed by atoms with Crippen LogP contribution < -0.4 is 0 Å². The lowest BCUT2D eigenvalue weighted by atomic mass is 10.0. The van der Waals surface area contributed by atoms with E-state index in [1.165, 1.54) is 12.0 Å². The maximum Gasteiger partial charge on any atom is 0.337 e. The number of furan rings is 1. The van der Waals surface area contributed by atoms with Crippen LogP contribution >= 0.6 is 11.8 Å². The minimum atomic E-state index is -0.423. The zero-order chi connectivity index (χ0) is 19.6. The lowest BCUT2D eigenvalue weighted by Crippen LogP contribution is -2.28. The number of ether oxygens (including phenoxy) is 1. The van der Waals surface area contributed by atoms with Crippen LogP contribution in [0.3, 0.4) is 0 Å². The van der Waals surface area contributed by atoms with E-state index in [2.05, 4.69) is 0 Å². The van der Waals surface area contributed by atoms with Gasteiger partial charge in [0.25, 0.3) is 11.1 Å². The molecule has 2 amide bonds. The van der Waals surface area contributed by atoms with Gasteiger partial charge in [-0.15, -0.1) is 0 Å². The Bertz CT molecular complexity index is 944. The van der Waals surface area contributed by atoms with Crippen molar-refractivity contribution in [1.82, 2.24) is 4.90 Å². The molecule has 1 saturated heterocycles. The van der Waals surface area contributed by atoms with Gasteiger partial charge in [0, 0.05) is 18.2 Å². The number of benzene rings is 1. The van der Waals surface area contributed by atoms with Crippen molar-refractivity contribution in [3.63, 3.8) is 0 Å². The molecule has 3 rings (SSSR count). The van der Waals surface area contributed by atoms with E-state index in [-0.39, 0.29) is 11.1 Å². The van der Waals surface area contributed by atoms with E-state index >= 15 is 0 Å². The van der Waals surface area contributed by atoms with E-state index in [0.29, 0.717) is 35.0 Å². The van der Waals surface area contributed by atoms with Crippen molar-refractivity contribution in [1.29, 1.82) is 0 Å². The van der Waals surface area contributed by atoms with E-state index in [1.807, 2.05) is 19.9 Å². The van der Waals surface area contributed by atoms with Gasteiger partial charge in [-0.25, -0.2) is 4.79 Å². The first-order valence-electron chi connectivity index (χ1n) is 8.49. The van der Waals surface area contributed by atoms with Crippen molar-refractivity contribution < 1.29 is 23.5 Å². The molecule has 0 radical (unpaired) electrons. The van der Waals surface area contributed by atoms with Crippen LogP contribution in [-0.4, -0.2) is 35.7 Å². The third-order valence-electron chi connectivity index (χ3n) is 4.15. The number of methoxy groups -OCH3 is 1. The first-order valence-corrected chi connectivity index (χ1v) is 9.30. The van der Waals surface area contributed by atoms with Gasteiger partial charge in [-0.1, -0.05) is 13.0 Å². The SMILES string of the molecule is CCCN1C(=O)S/C(=C/c2ccc(-c3cc(C(=O)OC)ccc3C)o2)C1=O. The maximum atomic E-state index is 12.3. The number of amides is 2. The fourth-order valence-electron chi connectivity index (χ4n) is 2.75. The van der Waals surface area contributed by atoms with Crippen LogP contribution in [-0.2, 0) is 9.53 Å². The fourth-order valence-corrected chi connectivity index (χ4v) is 3.60. The number of hydrogen-bond acceptors (Lipinski definition) is 6. The fraction of sp³-hybridized carbons (Fsp3) is 0.250. The van der Waals surface area contributed by atoms with Gasteiger partial charge in [-0.05, 0) is 54.9 Å². The Labute approximate surface area is 161 Å². The second-order valence-electron chi connectivity index (χ2n) is 6.06. The lowest BCUT2D eigenvalue weighted by Gasteiger charge is -2.09. The van der Waals surface area contributed by atoms with E-state index in [0.717, 1.165) is 22.9 Å². The van der Waals surface area contributed by atoms with Crippen LogP contribution in [0.5, 0.6) is 0 Å². The predicted octanol–water partition coefficient (Wildman–Crippen LogP) is 4.49. The van der Waals surface area contributed by atoms with Gasteiger partial charge in [0.2, 0.25) is 0 Å². The summed E-state index contributed by atoms with van der Waals surface area (Å²) in [6, 6.07) is 8.72. The second-order valence-corrected chi connectivity index (χ2v) is 7.05. The van der Waals surface area contributed by atoms with Crippen LogP contribution in [0, 0.1) is 6.92 Å². The molecule has 1 aromatic carbocycles. The van der Waals surface area contributed by atoms with Crippen molar-refractivity contribution >= 4 is 35.0 Å². The Morgan fingerprint density at radius 1 is 1.26 bits per heavy atom.